The van der Waals surface area contributed by atoms with Crippen molar-refractivity contribution in [3.8, 4) is 0 Å². The summed E-state index contributed by atoms with van der Waals surface area (Å²) in [5.41, 5.74) is 3.69. The number of alkyl halides is 3. The third-order valence-corrected chi connectivity index (χ3v) is 4.56. The molecule has 0 bridgehead atoms. The molecule has 1 fully saturated rings. The number of carbonyl (C=O) groups excluding carboxylic acids is 2. The van der Waals surface area contributed by atoms with Crippen LogP contribution in [0, 0.1) is 5.41 Å². The topological polar surface area (TPSA) is 118 Å². The number of Topliss-reactive ketones (excluding diaryl/α,β-unsaturated/α-hetero) is 1. The van der Waals surface area contributed by atoms with Crippen LogP contribution in [0.2, 0.25) is 0 Å². The maximum absolute atomic E-state index is 13.1. The second kappa shape index (κ2) is 10.9. The lowest BCUT2D eigenvalue weighted by molar-refractivity contribution is -0.138. The van der Waals surface area contributed by atoms with E-state index >= 15 is 0 Å². The normalized spacial score (nSPS) is 15.7. The fourth-order valence-electron chi connectivity index (χ4n) is 2.98. The van der Waals surface area contributed by atoms with Crippen molar-refractivity contribution >= 4 is 17.5 Å². The molecule has 4 N–H and O–H groups in total. The Kier molecular flexibility index (Phi) is 8.57. The lowest BCUT2D eigenvalue weighted by atomic mass is 10.0. The molecule has 0 atom stereocenters. The van der Waals surface area contributed by atoms with E-state index in [0.29, 0.717) is 26.3 Å². The average Bonchev–Trinajstić information content (AvgIpc) is 2.72. The third kappa shape index (κ3) is 7.07. The molecule has 31 heavy (non-hydrogen) atoms. The van der Waals surface area contributed by atoms with E-state index in [1.54, 1.807) is 0 Å². The van der Waals surface area contributed by atoms with E-state index < -0.39 is 35.7 Å². The second-order valence-electron chi connectivity index (χ2n) is 6.84. The summed E-state index contributed by atoms with van der Waals surface area (Å²) in [6.07, 6.45) is -4.72. The van der Waals surface area contributed by atoms with Crippen LogP contribution in [0.5, 0.6) is 0 Å². The molecular weight excluding hydrogens is 417 g/mol. The Labute approximate surface area is 177 Å². The molecule has 1 aromatic rings. The zero-order chi connectivity index (χ0) is 23.0. The van der Waals surface area contributed by atoms with Gasteiger partial charge in [-0.2, -0.15) is 13.2 Å². The number of ketones is 1. The minimum atomic E-state index is -4.72. The zero-order valence-electron chi connectivity index (χ0n) is 17.1. The molecule has 1 saturated heterocycles. The van der Waals surface area contributed by atoms with Gasteiger partial charge in [-0.15, -0.1) is 0 Å². The largest absolute Gasteiger partial charge is 0.454 e. The van der Waals surface area contributed by atoms with Gasteiger partial charge >= 0.3 is 12.1 Å². The SMILES string of the molecule is CC(=N)/C(C(=O)OCC(=O)c1ccccc1C(F)(F)F)=C(/N)NCCN1CCOCC1. The summed E-state index contributed by atoms with van der Waals surface area (Å²) in [4.78, 5) is 26.7. The van der Waals surface area contributed by atoms with Crippen LogP contribution in [-0.2, 0) is 20.4 Å². The molecule has 0 radical (unpaired) electrons. The van der Waals surface area contributed by atoms with Gasteiger partial charge in [0.2, 0.25) is 5.78 Å². The summed E-state index contributed by atoms with van der Waals surface area (Å²) in [5.74, 6) is -2.18. The van der Waals surface area contributed by atoms with E-state index in [1.807, 2.05) is 0 Å². The molecule has 11 heteroatoms. The number of hydrogen-bond donors (Lipinski definition) is 3. The maximum Gasteiger partial charge on any atom is 0.417 e. The zero-order valence-corrected chi connectivity index (χ0v) is 17.1. The highest BCUT2D eigenvalue weighted by Crippen LogP contribution is 2.32. The molecule has 0 amide bonds. The number of nitrogens with zero attached hydrogens (tertiary/aromatic N) is 1. The van der Waals surface area contributed by atoms with Gasteiger partial charge in [-0.3, -0.25) is 9.69 Å². The van der Waals surface area contributed by atoms with E-state index in [0.717, 1.165) is 31.3 Å². The van der Waals surface area contributed by atoms with Gasteiger partial charge in [0.1, 0.15) is 11.4 Å². The van der Waals surface area contributed by atoms with Gasteiger partial charge in [-0.05, 0) is 13.0 Å². The first kappa shape index (κ1) is 24.4. The Bertz CT molecular complexity index is 849. The molecule has 0 aromatic heterocycles. The van der Waals surface area contributed by atoms with Crippen molar-refractivity contribution in [3.63, 3.8) is 0 Å². The minimum Gasteiger partial charge on any atom is -0.454 e. The number of morpholine rings is 1. The number of rotatable bonds is 9. The molecule has 0 spiro atoms. The number of benzene rings is 1. The highest BCUT2D eigenvalue weighted by molar-refractivity contribution is 6.18. The van der Waals surface area contributed by atoms with Gasteiger partial charge in [-0.1, -0.05) is 18.2 Å². The Morgan fingerprint density at radius 2 is 1.90 bits per heavy atom. The van der Waals surface area contributed by atoms with Crippen LogP contribution in [0.25, 0.3) is 0 Å². The van der Waals surface area contributed by atoms with Crippen molar-refractivity contribution in [1.29, 1.82) is 5.41 Å². The lowest BCUT2D eigenvalue weighted by Gasteiger charge is -2.26. The van der Waals surface area contributed by atoms with Crippen LogP contribution in [0.15, 0.2) is 35.7 Å². The summed E-state index contributed by atoms with van der Waals surface area (Å²) >= 11 is 0. The quantitative estimate of drug-likeness (QED) is 0.230. The highest BCUT2D eigenvalue weighted by Gasteiger charge is 2.35. The number of esters is 1. The number of nitrogens with one attached hydrogen (secondary N) is 2. The van der Waals surface area contributed by atoms with Crippen LogP contribution in [0.1, 0.15) is 22.8 Å². The number of nitrogens with two attached hydrogens (primary N) is 1. The molecule has 1 aromatic carbocycles. The number of hydrogen-bond acceptors (Lipinski definition) is 8. The molecule has 0 saturated carbocycles. The first-order valence-corrected chi connectivity index (χ1v) is 9.57. The van der Waals surface area contributed by atoms with Crippen molar-refractivity contribution in [2.24, 2.45) is 5.73 Å². The van der Waals surface area contributed by atoms with E-state index in [4.69, 9.17) is 20.6 Å². The van der Waals surface area contributed by atoms with Gasteiger partial charge < -0.3 is 25.9 Å². The van der Waals surface area contributed by atoms with Crippen LogP contribution in [0.4, 0.5) is 13.2 Å². The molecular formula is C20H25F3N4O4. The molecule has 0 unspecified atom stereocenters. The van der Waals surface area contributed by atoms with Gasteiger partial charge in [0.15, 0.2) is 6.61 Å². The van der Waals surface area contributed by atoms with Crippen LogP contribution in [0.3, 0.4) is 0 Å². The summed E-state index contributed by atoms with van der Waals surface area (Å²) in [7, 11) is 0. The van der Waals surface area contributed by atoms with Crippen molar-refractivity contribution < 1.29 is 32.2 Å². The summed E-state index contributed by atoms with van der Waals surface area (Å²) in [5, 5.41) is 10.6. The fourth-order valence-corrected chi connectivity index (χ4v) is 2.98. The Balaban J connectivity index is 1.99. The van der Waals surface area contributed by atoms with Gasteiger partial charge in [0.25, 0.3) is 0 Å². The first-order valence-electron chi connectivity index (χ1n) is 9.57. The Morgan fingerprint density at radius 3 is 2.52 bits per heavy atom. The predicted molar refractivity (Wildman–Crippen MR) is 107 cm³/mol. The number of carbonyl (C=O) groups is 2. The average molecular weight is 442 g/mol. The number of halogens is 3. The molecule has 170 valence electrons. The molecule has 1 aliphatic rings. The predicted octanol–water partition coefficient (Wildman–Crippen LogP) is 1.56. The van der Waals surface area contributed by atoms with Crippen molar-refractivity contribution in [2.45, 2.75) is 13.1 Å². The van der Waals surface area contributed by atoms with Crippen LogP contribution < -0.4 is 11.1 Å². The van der Waals surface area contributed by atoms with Crippen molar-refractivity contribution in [2.75, 3.05) is 46.0 Å². The molecule has 1 heterocycles. The van der Waals surface area contributed by atoms with E-state index in [-0.39, 0.29) is 17.1 Å². The molecule has 0 aliphatic carbocycles. The number of ether oxygens (including phenoxy) is 2. The summed E-state index contributed by atoms with van der Waals surface area (Å²) in [6, 6.07) is 4.24. The maximum atomic E-state index is 13.1. The van der Waals surface area contributed by atoms with Gasteiger partial charge in [-0.25, -0.2) is 4.79 Å². The van der Waals surface area contributed by atoms with Gasteiger partial charge in [0.05, 0.1) is 18.8 Å². The van der Waals surface area contributed by atoms with E-state index in [2.05, 4.69) is 10.2 Å². The monoisotopic (exact) mass is 442 g/mol. The van der Waals surface area contributed by atoms with Gasteiger partial charge in [0, 0.05) is 37.5 Å². The molecule has 1 aliphatic heterocycles. The Hall–Kier alpha value is -2.92. The van der Waals surface area contributed by atoms with Crippen molar-refractivity contribution in [3.05, 3.63) is 46.8 Å². The first-order chi connectivity index (χ1) is 14.6. The standard InChI is InChI=1S/C20H25F3N4O4/c1-13(24)17(18(25)26-6-7-27-8-10-30-11-9-27)19(29)31-12-16(28)14-4-2-3-5-15(14)20(21,22)23/h2-5,24,26H,6-12,25H2,1H3/b18-17+,24-13?. The molecule has 8 nitrogen and oxygen atoms in total. The fraction of sp³-hybridized carbons (Fsp3) is 0.450. The van der Waals surface area contributed by atoms with Crippen LogP contribution in [-0.4, -0.2) is 68.4 Å². The van der Waals surface area contributed by atoms with Crippen LogP contribution >= 0.6 is 0 Å². The summed E-state index contributed by atoms with van der Waals surface area (Å²) < 4.78 is 49.3. The van der Waals surface area contributed by atoms with E-state index in [1.165, 1.54) is 13.0 Å². The van der Waals surface area contributed by atoms with Crippen molar-refractivity contribution in [1.82, 2.24) is 10.2 Å². The molecule has 2 rings (SSSR count). The summed E-state index contributed by atoms with van der Waals surface area (Å²) in [6.45, 7) is 4.24. The smallest absolute Gasteiger partial charge is 0.417 e. The Morgan fingerprint density at radius 1 is 1.26 bits per heavy atom. The minimum absolute atomic E-state index is 0.103. The lowest BCUT2D eigenvalue weighted by Crippen LogP contribution is -2.41. The highest BCUT2D eigenvalue weighted by atomic mass is 19.4. The van der Waals surface area contributed by atoms with E-state index in [9.17, 15) is 22.8 Å². The second-order valence-corrected chi connectivity index (χ2v) is 6.84. The third-order valence-electron chi connectivity index (χ3n) is 4.56.